The van der Waals surface area contributed by atoms with E-state index in [1.54, 1.807) is 18.0 Å². The molecule has 1 N–H and O–H groups in total. The van der Waals surface area contributed by atoms with E-state index in [9.17, 15) is 0 Å². The molecule has 0 aliphatic carbocycles. The SMILES string of the molecule is CC(C)Cc1nc(CSc2nnc(NCc3ccco3)s2)no1. The van der Waals surface area contributed by atoms with E-state index in [0.29, 0.717) is 29.9 Å². The summed E-state index contributed by atoms with van der Waals surface area (Å²) in [5.74, 6) is 3.36. The summed E-state index contributed by atoms with van der Waals surface area (Å²) in [6, 6.07) is 3.77. The minimum Gasteiger partial charge on any atom is -0.467 e. The Morgan fingerprint density at radius 2 is 2.26 bits per heavy atom. The summed E-state index contributed by atoms with van der Waals surface area (Å²) in [5, 5.41) is 16.2. The molecular formula is C14H17N5O2S2. The Bertz CT molecular complexity index is 723. The number of nitrogens with one attached hydrogen (secondary N) is 1. The van der Waals surface area contributed by atoms with E-state index in [0.717, 1.165) is 21.7 Å². The van der Waals surface area contributed by atoms with Crippen LogP contribution in [0.4, 0.5) is 5.13 Å². The molecule has 0 spiro atoms. The van der Waals surface area contributed by atoms with Gasteiger partial charge >= 0.3 is 0 Å². The van der Waals surface area contributed by atoms with Crippen molar-refractivity contribution in [1.29, 1.82) is 0 Å². The third-order valence-corrected chi connectivity index (χ3v) is 4.83. The monoisotopic (exact) mass is 351 g/mol. The van der Waals surface area contributed by atoms with Gasteiger partial charge in [-0.05, 0) is 18.1 Å². The van der Waals surface area contributed by atoms with Gasteiger partial charge in [0, 0.05) is 6.42 Å². The summed E-state index contributed by atoms with van der Waals surface area (Å²) in [7, 11) is 0. The van der Waals surface area contributed by atoms with Gasteiger partial charge in [0.2, 0.25) is 11.0 Å². The molecule has 0 aliphatic rings. The van der Waals surface area contributed by atoms with Crippen molar-refractivity contribution in [3.8, 4) is 0 Å². The lowest BCUT2D eigenvalue weighted by Gasteiger charge is -1.96. The fourth-order valence-corrected chi connectivity index (χ4v) is 3.41. The van der Waals surface area contributed by atoms with Gasteiger partial charge in [0.25, 0.3) is 0 Å². The molecule has 3 rings (SSSR count). The van der Waals surface area contributed by atoms with Crippen molar-refractivity contribution in [2.24, 2.45) is 5.92 Å². The Hall–Kier alpha value is -1.87. The van der Waals surface area contributed by atoms with Crippen LogP contribution in [0.3, 0.4) is 0 Å². The van der Waals surface area contributed by atoms with Crippen LogP contribution in [0, 0.1) is 5.92 Å². The number of hydrogen-bond donors (Lipinski definition) is 1. The first-order valence-corrected chi connectivity index (χ1v) is 9.03. The molecule has 122 valence electrons. The summed E-state index contributed by atoms with van der Waals surface area (Å²) < 4.78 is 11.3. The van der Waals surface area contributed by atoms with Crippen molar-refractivity contribution < 1.29 is 8.94 Å². The van der Waals surface area contributed by atoms with Gasteiger partial charge in [-0.3, -0.25) is 0 Å². The van der Waals surface area contributed by atoms with Crippen molar-refractivity contribution in [1.82, 2.24) is 20.3 Å². The second-order valence-corrected chi connectivity index (χ2v) is 7.50. The Balaban J connectivity index is 1.48. The van der Waals surface area contributed by atoms with Crippen LogP contribution in [0.25, 0.3) is 0 Å². The van der Waals surface area contributed by atoms with E-state index in [1.807, 2.05) is 12.1 Å². The first-order valence-electron chi connectivity index (χ1n) is 7.23. The van der Waals surface area contributed by atoms with Crippen LogP contribution in [0.5, 0.6) is 0 Å². The summed E-state index contributed by atoms with van der Waals surface area (Å²) in [5.41, 5.74) is 0. The quantitative estimate of drug-likeness (QED) is 0.616. The van der Waals surface area contributed by atoms with Gasteiger partial charge in [0.05, 0.1) is 18.6 Å². The molecular weight excluding hydrogens is 334 g/mol. The molecule has 0 atom stereocenters. The molecule has 0 bridgehead atoms. The second kappa shape index (κ2) is 7.60. The molecule has 0 amide bonds. The average molecular weight is 351 g/mol. The molecule has 7 nitrogen and oxygen atoms in total. The zero-order valence-electron chi connectivity index (χ0n) is 12.9. The highest BCUT2D eigenvalue weighted by molar-refractivity contribution is 8.00. The highest BCUT2D eigenvalue weighted by Crippen LogP contribution is 2.28. The number of anilines is 1. The maximum Gasteiger partial charge on any atom is 0.226 e. The third-order valence-electron chi connectivity index (χ3n) is 2.82. The molecule has 0 radical (unpaired) electrons. The van der Waals surface area contributed by atoms with Gasteiger partial charge in [-0.25, -0.2) is 0 Å². The fourth-order valence-electron chi connectivity index (χ4n) is 1.82. The van der Waals surface area contributed by atoms with Crippen molar-refractivity contribution >= 4 is 28.2 Å². The summed E-state index contributed by atoms with van der Waals surface area (Å²) in [6.45, 7) is 4.84. The molecule has 0 unspecified atom stereocenters. The van der Waals surface area contributed by atoms with Gasteiger partial charge in [0.15, 0.2) is 10.2 Å². The highest BCUT2D eigenvalue weighted by atomic mass is 32.2. The normalized spacial score (nSPS) is 11.3. The molecule has 3 aromatic rings. The molecule has 9 heteroatoms. The van der Waals surface area contributed by atoms with Crippen LogP contribution in [0.2, 0.25) is 0 Å². The first-order chi connectivity index (χ1) is 11.2. The highest BCUT2D eigenvalue weighted by Gasteiger charge is 2.11. The van der Waals surface area contributed by atoms with Gasteiger partial charge in [0.1, 0.15) is 5.76 Å². The average Bonchev–Trinajstić information content (AvgIpc) is 3.25. The lowest BCUT2D eigenvalue weighted by atomic mass is 10.1. The van der Waals surface area contributed by atoms with Crippen LogP contribution in [-0.4, -0.2) is 20.3 Å². The molecule has 3 heterocycles. The molecule has 0 saturated heterocycles. The van der Waals surface area contributed by atoms with Crippen LogP contribution < -0.4 is 5.32 Å². The smallest absolute Gasteiger partial charge is 0.226 e. The van der Waals surface area contributed by atoms with Crippen LogP contribution in [0.15, 0.2) is 31.7 Å². The largest absolute Gasteiger partial charge is 0.467 e. The molecule has 3 aromatic heterocycles. The van der Waals surface area contributed by atoms with Crippen LogP contribution >= 0.6 is 23.1 Å². The number of nitrogens with zero attached hydrogens (tertiary/aromatic N) is 4. The van der Waals surface area contributed by atoms with Crippen molar-refractivity contribution in [3.05, 3.63) is 35.9 Å². The Kier molecular flexibility index (Phi) is 5.29. The zero-order chi connectivity index (χ0) is 16.1. The van der Waals surface area contributed by atoms with E-state index in [1.165, 1.54) is 11.3 Å². The number of furan rings is 1. The lowest BCUT2D eigenvalue weighted by Crippen LogP contribution is -1.96. The van der Waals surface area contributed by atoms with E-state index in [4.69, 9.17) is 8.94 Å². The summed E-state index contributed by atoms with van der Waals surface area (Å²) in [4.78, 5) is 4.37. The van der Waals surface area contributed by atoms with Crippen molar-refractivity contribution in [2.45, 2.75) is 36.9 Å². The minimum atomic E-state index is 0.502. The Morgan fingerprint density at radius 1 is 1.35 bits per heavy atom. The Labute approximate surface area is 141 Å². The molecule has 23 heavy (non-hydrogen) atoms. The van der Waals surface area contributed by atoms with E-state index < -0.39 is 0 Å². The topological polar surface area (TPSA) is 89.9 Å². The number of thioether (sulfide) groups is 1. The molecule has 0 saturated carbocycles. The predicted octanol–water partition coefficient (Wildman–Crippen LogP) is 3.62. The standard InChI is InChI=1S/C14H17N5O2S2/c1-9(2)6-12-16-11(19-21-12)8-22-14-18-17-13(23-14)15-7-10-4-3-5-20-10/h3-5,9H,6-8H2,1-2H3,(H,15,17). The van der Waals surface area contributed by atoms with Crippen molar-refractivity contribution in [2.75, 3.05) is 5.32 Å². The number of rotatable bonds is 8. The third kappa shape index (κ3) is 4.80. The maximum atomic E-state index is 5.26. The van der Waals surface area contributed by atoms with Gasteiger partial charge in [-0.1, -0.05) is 42.1 Å². The predicted molar refractivity (Wildman–Crippen MR) is 88.3 cm³/mol. The Morgan fingerprint density at radius 3 is 3.04 bits per heavy atom. The van der Waals surface area contributed by atoms with E-state index in [-0.39, 0.29) is 0 Å². The van der Waals surface area contributed by atoms with Crippen LogP contribution in [0.1, 0.15) is 31.3 Å². The van der Waals surface area contributed by atoms with Gasteiger partial charge < -0.3 is 14.3 Å². The zero-order valence-corrected chi connectivity index (χ0v) is 14.5. The number of aromatic nitrogens is 4. The van der Waals surface area contributed by atoms with E-state index >= 15 is 0 Å². The van der Waals surface area contributed by atoms with Crippen molar-refractivity contribution in [3.63, 3.8) is 0 Å². The van der Waals surface area contributed by atoms with Crippen LogP contribution in [-0.2, 0) is 18.7 Å². The van der Waals surface area contributed by atoms with E-state index in [2.05, 4.69) is 39.5 Å². The molecule has 0 fully saturated rings. The molecule has 0 aromatic carbocycles. The summed E-state index contributed by atoms with van der Waals surface area (Å²) >= 11 is 3.04. The van der Waals surface area contributed by atoms with Gasteiger partial charge in [-0.15, -0.1) is 10.2 Å². The first kappa shape index (κ1) is 16.0. The maximum absolute atomic E-state index is 5.26. The second-order valence-electron chi connectivity index (χ2n) is 5.30. The lowest BCUT2D eigenvalue weighted by molar-refractivity contribution is 0.360. The van der Waals surface area contributed by atoms with Gasteiger partial charge in [-0.2, -0.15) is 4.98 Å². The molecule has 0 aliphatic heterocycles. The number of hydrogen-bond acceptors (Lipinski definition) is 9. The summed E-state index contributed by atoms with van der Waals surface area (Å²) in [6.07, 6.45) is 2.45. The fraction of sp³-hybridized carbons (Fsp3) is 0.429. The minimum absolute atomic E-state index is 0.502.